The van der Waals surface area contributed by atoms with Gasteiger partial charge in [0.2, 0.25) is 0 Å². The Morgan fingerprint density at radius 1 is 0.327 bits per heavy atom. The molecule has 0 saturated heterocycles. The fourth-order valence-electron chi connectivity index (χ4n) is 16.9. The summed E-state index contributed by atoms with van der Waals surface area (Å²) in [6.07, 6.45) is 0. The van der Waals surface area contributed by atoms with Crippen LogP contribution in [0.3, 0.4) is 0 Å². The normalized spacial score (nSPS) is 13.0. The third kappa shape index (κ3) is 8.79. The van der Waals surface area contributed by atoms with Crippen LogP contribution in [0.5, 0.6) is 0 Å². The van der Waals surface area contributed by atoms with E-state index in [1.807, 2.05) is 18.2 Å². The Hall–Kier alpha value is -12.6. The van der Waals surface area contributed by atoms with Gasteiger partial charge in [0.25, 0.3) is 6.71 Å². The van der Waals surface area contributed by atoms with E-state index in [9.17, 15) is 5.26 Å². The lowest BCUT2D eigenvalue weighted by molar-refractivity contribution is 0.590. The molecular formula is C93H66BN5O2. The highest BCUT2D eigenvalue weighted by atomic mass is 16.3. The van der Waals surface area contributed by atoms with Gasteiger partial charge in [-0.15, -0.1) is 0 Å². The zero-order valence-electron chi connectivity index (χ0n) is 56.8. The molecule has 478 valence electrons. The second kappa shape index (κ2) is 21.7. The second-order valence-electron chi connectivity index (χ2n) is 29.5. The summed E-state index contributed by atoms with van der Waals surface area (Å²) >= 11 is 0. The van der Waals surface area contributed by atoms with Gasteiger partial charge in [-0.2, -0.15) is 5.26 Å². The van der Waals surface area contributed by atoms with Crippen molar-refractivity contribution in [1.29, 1.82) is 5.26 Å². The largest absolute Gasteiger partial charge is 0.456 e. The van der Waals surface area contributed by atoms with Crippen molar-refractivity contribution in [1.82, 2.24) is 9.13 Å². The predicted molar refractivity (Wildman–Crippen MR) is 422 cm³/mol. The van der Waals surface area contributed by atoms with Gasteiger partial charge in [-0.05, 0) is 170 Å². The zero-order chi connectivity index (χ0) is 67.7. The van der Waals surface area contributed by atoms with E-state index in [-0.39, 0.29) is 17.5 Å². The van der Waals surface area contributed by atoms with Crippen molar-refractivity contribution in [2.24, 2.45) is 0 Å². The summed E-state index contributed by atoms with van der Waals surface area (Å²) in [5.41, 5.74) is 28.9. The topological polar surface area (TPSA) is 66.4 Å². The Labute approximate surface area is 585 Å². The smallest absolute Gasteiger partial charge is 0.252 e. The minimum absolute atomic E-state index is 0.157. The molecule has 0 saturated carbocycles. The van der Waals surface area contributed by atoms with E-state index in [1.165, 1.54) is 38.3 Å². The quantitative estimate of drug-likeness (QED) is 0.149. The van der Waals surface area contributed by atoms with E-state index in [4.69, 9.17) is 8.83 Å². The summed E-state index contributed by atoms with van der Waals surface area (Å²) in [7, 11) is 0. The monoisotopic (exact) mass is 1300 g/mol. The van der Waals surface area contributed by atoms with E-state index in [2.05, 4.69) is 340 Å². The highest BCUT2D eigenvalue weighted by Crippen LogP contribution is 2.53. The highest BCUT2D eigenvalue weighted by Gasteiger charge is 2.45. The van der Waals surface area contributed by atoms with Crippen LogP contribution >= 0.6 is 0 Å². The molecule has 0 atom stereocenters. The number of nitrogens with zero attached hydrogens (tertiary/aromatic N) is 5. The Morgan fingerprint density at radius 3 is 1.33 bits per heavy atom. The Kier molecular flexibility index (Phi) is 12.6. The van der Waals surface area contributed by atoms with Crippen molar-refractivity contribution in [2.45, 2.75) is 52.4 Å². The number of hydrogen-bond acceptors (Lipinski definition) is 5. The maximum Gasteiger partial charge on any atom is 0.252 e. The average molecular weight is 1300 g/mol. The molecule has 0 aliphatic carbocycles. The minimum atomic E-state index is -0.281. The number of nitriles is 1. The fraction of sp³-hybridized carbons (Fsp3) is 0.0860. The number of fused-ring (bicyclic) bond motifs is 17. The molecule has 6 heterocycles. The number of rotatable bonds is 7. The molecule has 0 bridgehead atoms. The Balaban J connectivity index is 0.955. The van der Waals surface area contributed by atoms with Crippen molar-refractivity contribution in [3.8, 4) is 50.8 Å². The third-order valence-corrected chi connectivity index (χ3v) is 21.6. The molecule has 20 rings (SSSR count). The molecular weight excluding hydrogens is 1230 g/mol. The molecule has 0 amide bonds. The molecule has 7 nitrogen and oxygen atoms in total. The Bertz CT molecular complexity index is 6530. The van der Waals surface area contributed by atoms with Crippen LogP contribution in [-0.4, -0.2) is 15.8 Å². The van der Waals surface area contributed by atoms with Gasteiger partial charge in [0.05, 0.1) is 45.1 Å². The second-order valence-corrected chi connectivity index (χ2v) is 29.5. The van der Waals surface area contributed by atoms with Gasteiger partial charge in [0.15, 0.2) is 0 Å². The minimum Gasteiger partial charge on any atom is -0.456 e. The van der Waals surface area contributed by atoms with Gasteiger partial charge in [0, 0.05) is 93.9 Å². The standard InChI is InChI=1S/C93H66BN5O2/c1-92(2,3)60-37-44-78(70(51-60)57-22-9-7-10-23-57)98-81-53-62(96-75-32-17-13-26-65(75)66-27-14-18-33-76(66)96)39-41-73(81)94-74-42-40-63(97-77-34-19-15-28-67(77)72-48-56(55-95)36-43-80(72)97)54-82(74)99(79-45-38-61(93(4,5)6)52-71(79)58-24-11-8-12-25-58)84-50-59(49-83(98)90(84)94)64-30-21-31-69-89-87(101-91(64)69)47-46-86-88(89)68-29-16-20-35-85(68)100-86/h7-54H,1-6H3. The number of furan rings is 2. The molecule has 18 aromatic rings. The first kappa shape index (κ1) is 58.6. The van der Waals surface area contributed by atoms with Crippen molar-refractivity contribution in [3.05, 3.63) is 308 Å². The first-order valence-corrected chi connectivity index (χ1v) is 35.0. The van der Waals surface area contributed by atoms with Crippen LogP contribution in [0.1, 0.15) is 58.2 Å². The lowest BCUT2D eigenvalue weighted by Crippen LogP contribution is -2.61. The Morgan fingerprint density at radius 2 is 0.792 bits per heavy atom. The van der Waals surface area contributed by atoms with Crippen molar-refractivity contribution >= 4 is 145 Å². The molecule has 0 radical (unpaired) electrons. The van der Waals surface area contributed by atoms with Gasteiger partial charge in [-0.25, -0.2) is 0 Å². The number of benzene rings is 14. The summed E-state index contributed by atoms with van der Waals surface area (Å²) in [4.78, 5) is 5.22. The van der Waals surface area contributed by atoms with Gasteiger partial charge < -0.3 is 27.8 Å². The van der Waals surface area contributed by atoms with Crippen molar-refractivity contribution in [2.75, 3.05) is 9.80 Å². The summed E-state index contributed by atoms with van der Waals surface area (Å²) in [5, 5.41) is 19.0. The third-order valence-electron chi connectivity index (χ3n) is 21.6. The van der Waals surface area contributed by atoms with Crippen LogP contribution in [-0.2, 0) is 10.8 Å². The van der Waals surface area contributed by atoms with Gasteiger partial charge in [0.1, 0.15) is 22.3 Å². The van der Waals surface area contributed by atoms with E-state index < -0.39 is 0 Å². The molecule has 0 fully saturated rings. The lowest BCUT2D eigenvalue weighted by Gasteiger charge is -2.45. The SMILES string of the molecule is CC(C)(C)c1ccc(N2c3cc(-n4c5ccccc5c5ccccc54)ccc3B3c4ccc(-n5c6ccccc6c6cc(C#N)ccc65)cc4N(c4ccc(C(C)(C)C)cc4-c4ccccc4)c4cc(-c5cccc6c5oc5ccc7oc8ccccc8c7c56)cc2c43)c(-c2ccccc2)c1. The highest BCUT2D eigenvalue weighted by molar-refractivity contribution is 7.00. The maximum absolute atomic E-state index is 10.4. The molecule has 2 aliphatic rings. The van der Waals surface area contributed by atoms with Gasteiger partial charge in [-0.1, -0.05) is 217 Å². The van der Waals surface area contributed by atoms with E-state index >= 15 is 0 Å². The molecule has 0 unspecified atom stereocenters. The molecule has 0 spiro atoms. The molecule has 8 heteroatoms. The van der Waals surface area contributed by atoms with E-state index in [0.717, 1.165) is 156 Å². The van der Waals surface area contributed by atoms with Crippen LogP contribution in [0, 0.1) is 11.3 Å². The van der Waals surface area contributed by atoms with Crippen LogP contribution < -0.4 is 26.2 Å². The first-order chi connectivity index (χ1) is 49.3. The van der Waals surface area contributed by atoms with Gasteiger partial charge >= 0.3 is 0 Å². The molecule has 101 heavy (non-hydrogen) atoms. The first-order valence-electron chi connectivity index (χ1n) is 35.0. The maximum atomic E-state index is 10.4. The summed E-state index contributed by atoms with van der Waals surface area (Å²) in [6, 6.07) is 110. The number of anilines is 6. The summed E-state index contributed by atoms with van der Waals surface area (Å²) in [5.74, 6) is 0. The molecule has 2 aliphatic heterocycles. The predicted octanol–water partition coefficient (Wildman–Crippen LogP) is 23.2. The van der Waals surface area contributed by atoms with Crippen molar-refractivity contribution < 1.29 is 8.83 Å². The number of hydrogen-bond donors (Lipinski definition) is 0. The molecule has 0 N–H and O–H groups in total. The number of aromatic nitrogens is 2. The average Bonchev–Trinajstić information content (AvgIpc) is 1.23. The van der Waals surface area contributed by atoms with Crippen LogP contribution in [0.15, 0.2) is 300 Å². The van der Waals surface area contributed by atoms with Crippen molar-refractivity contribution in [3.63, 3.8) is 0 Å². The summed E-state index contributed by atoms with van der Waals surface area (Å²) in [6.45, 7) is 13.6. The molecule has 14 aromatic carbocycles. The van der Waals surface area contributed by atoms with Crippen LogP contribution in [0.4, 0.5) is 34.1 Å². The number of para-hydroxylation sites is 5. The van der Waals surface area contributed by atoms with E-state index in [1.54, 1.807) is 0 Å². The summed E-state index contributed by atoms with van der Waals surface area (Å²) < 4.78 is 18.8. The zero-order valence-corrected chi connectivity index (χ0v) is 56.8. The fourth-order valence-corrected chi connectivity index (χ4v) is 16.9. The van der Waals surface area contributed by atoms with E-state index in [0.29, 0.717) is 5.56 Å². The van der Waals surface area contributed by atoms with Crippen LogP contribution in [0.2, 0.25) is 0 Å². The molecule has 4 aromatic heterocycles. The van der Waals surface area contributed by atoms with Crippen LogP contribution in [0.25, 0.3) is 132 Å². The lowest BCUT2D eigenvalue weighted by atomic mass is 9.33. The van der Waals surface area contributed by atoms with Gasteiger partial charge in [-0.3, -0.25) is 0 Å².